The molecule has 1 heterocycles. The smallest absolute Gasteiger partial charge is 0.255 e. The van der Waals surface area contributed by atoms with Crippen molar-refractivity contribution in [3.63, 3.8) is 0 Å². The second kappa shape index (κ2) is 9.11. The summed E-state index contributed by atoms with van der Waals surface area (Å²) in [6, 6.07) is 0. The Balaban J connectivity index is 2.37. The van der Waals surface area contributed by atoms with Crippen LogP contribution in [-0.4, -0.2) is 15.5 Å². The summed E-state index contributed by atoms with van der Waals surface area (Å²) < 4.78 is 1.49. The van der Waals surface area contributed by atoms with Gasteiger partial charge in [0.2, 0.25) is 0 Å². The van der Waals surface area contributed by atoms with Crippen molar-refractivity contribution in [3.05, 3.63) is 53.7 Å². The maximum absolute atomic E-state index is 11.8. The molecule has 0 atom stereocenters. The standard InChI is InChI=1S/C18H26N2O/c1-15(2)7-5-8-16(3)9-6-10-17(4)13-18(21)20-12-11-19-14-20/h7,9,11-14H,5-6,8,10H2,1-4H3/b16-9+,17-13+. The summed E-state index contributed by atoms with van der Waals surface area (Å²) in [5, 5.41) is 0. The lowest BCUT2D eigenvalue weighted by molar-refractivity contribution is 0.0967. The highest BCUT2D eigenvalue weighted by molar-refractivity contribution is 5.90. The van der Waals surface area contributed by atoms with Crippen LogP contribution in [0.4, 0.5) is 0 Å². The van der Waals surface area contributed by atoms with E-state index < -0.39 is 0 Å². The lowest BCUT2D eigenvalue weighted by atomic mass is 10.1. The molecule has 1 aromatic rings. The van der Waals surface area contributed by atoms with Gasteiger partial charge in [0.25, 0.3) is 5.91 Å². The number of aromatic nitrogens is 2. The van der Waals surface area contributed by atoms with Gasteiger partial charge in [0.1, 0.15) is 6.33 Å². The van der Waals surface area contributed by atoms with Crippen molar-refractivity contribution in [2.24, 2.45) is 0 Å². The summed E-state index contributed by atoms with van der Waals surface area (Å²) in [6.45, 7) is 8.44. The van der Waals surface area contributed by atoms with Gasteiger partial charge in [-0.3, -0.25) is 9.36 Å². The highest BCUT2D eigenvalue weighted by atomic mass is 16.1. The van der Waals surface area contributed by atoms with Crippen molar-refractivity contribution in [2.45, 2.75) is 53.4 Å². The third kappa shape index (κ3) is 7.45. The molecular weight excluding hydrogens is 260 g/mol. The fourth-order valence-electron chi connectivity index (χ4n) is 1.98. The van der Waals surface area contributed by atoms with Crippen molar-refractivity contribution in [1.29, 1.82) is 0 Å². The number of carbonyl (C=O) groups is 1. The monoisotopic (exact) mass is 286 g/mol. The van der Waals surface area contributed by atoms with E-state index in [9.17, 15) is 4.79 Å². The SMILES string of the molecule is CC(C)=CCC/C(C)=C/CC/C(C)=C/C(=O)n1ccnc1. The quantitative estimate of drug-likeness (QED) is 0.525. The first kappa shape index (κ1) is 17.2. The predicted molar refractivity (Wildman–Crippen MR) is 88.3 cm³/mol. The molecule has 0 aliphatic heterocycles. The number of hydrogen-bond donors (Lipinski definition) is 0. The van der Waals surface area contributed by atoms with Crippen LogP contribution in [-0.2, 0) is 0 Å². The molecule has 1 aromatic heterocycles. The summed E-state index contributed by atoms with van der Waals surface area (Å²) in [6.07, 6.45) is 15.2. The third-order valence-electron chi connectivity index (χ3n) is 3.25. The third-order valence-corrected chi connectivity index (χ3v) is 3.25. The van der Waals surface area contributed by atoms with Gasteiger partial charge >= 0.3 is 0 Å². The summed E-state index contributed by atoms with van der Waals surface area (Å²) in [5.74, 6) is -0.0331. The van der Waals surface area contributed by atoms with Crippen molar-refractivity contribution >= 4 is 5.91 Å². The zero-order valence-electron chi connectivity index (χ0n) is 13.6. The summed E-state index contributed by atoms with van der Waals surface area (Å²) in [4.78, 5) is 15.7. The Labute approximate surface area is 128 Å². The van der Waals surface area contributed by atoms with E-state index in [1.54, 1.807) is 18.5 Å². The normalized spacial score (nSPS) is 12.4. The van der Waals surface area contributed by atoms with Crippen LogP contribution in [0.1, 0.15) is 58.2 Å². The van der Waals surface area contributed by atoms with Crippen LogP contribution in [0.3, 0.4) is 0 Å². The molecule has 0 aromatic carbocycles. The van der Waals surface area contributed by atoms with Gasteiger partial charge < -0.3 is 0 Å². The number of rotatable bonds is 7. The molecule has 21 heavy (non-hydrogen) atoms. The summed E-state index contributed by atoms with van der Waals surface area (Å²) in [5.41, 5.74) is 3.89. The Morgan fingerprint density at radius 2 is 1.71 bits per heavy atom. The minimum Gasteiger partial charge on any atom is -0.273 e. The van der Waals surface area contributed by atoms with E-state index in [4.69, 9.17) is 0 Å². The van der Waals surface area contributed by atoms with E-state index >= 15 is 0 Å². The van der Waals surface area contributed by atoms with Gasteiger partial charge in [-0.2, -0.15) is 0 Å². The molecule has 0 amide bonds. The molecule has 0 aliphatic carbocycles. The molecule has 3 nitrogen and oxygen atoms in total. The Kier molecular flexibility index (Phi) is 7.44. The molecule has 0 fully saturated rings. The second-order valence-corrected chi connectivity index (χ2v) is 5.71. The molecule has 3 heteroatoms. The van der Waals surface area contributed by atoms with E-state index in [2.05, 4.69) is 37.9 Å². The number of imidazole rings is 1. The first-order chi connectivity index (χ1) is 9.99. The number of nitrogens with zero attached hydrogens (tertiary/aromatic N) is 2. The molecule has 0 radical (unpaired) electrons. The lowest BCUT2D eigenvalue weighted by Gasteiger charge is -2.01. The maximum atomic E-state index is 11.8. The van der Waals surface area contributed by atoms with Crippen molar-refractivity contribution in [3.8, 4) is 0 Å². The van der Waals surface area contributed by atoms with Gasteiger partial charge in [-0.15, -0.1) is 0 Å². The Morgan fingerprint density at radius 1 is 1.05 bits per heavy atom. The molecule has 0 saturated heterocycles. The lowest BCUT2D eigenvalue weighted by Crippen LogP contribution is -2.04. The topological polar surface area (TPSA) is 34.9 Å². The van der Waals surface area contributed by atoms with Gasteiger partial charge in [0.15, 0.2) is 0 Å². The molecule has 0 aliphatic rings. The molecule has 1 rings (SSSR count). The molecule has 0 spiro atoms. The van der Waals surface area contributed by atoms with Crippen LogP contribution in [0, 0.1) is 0 Å². The van der Waals surface area contributed by atoms with Gasteiger partial charge in [0, 0.05) is 18.5 Å². The van der Waals surface area contributed by atoms with Crippen LogP contribution >= 0.6 is 0 Å². The van der Waals surface area contributed by atoms with Crippen molar-refractivity contribution in [2.75, 3.05) is 0 Å². The van der Waals surface area contributed by atoms with Crippen LogP contribution in [0.25, 0.3) is 0 Å². The second-order valence-electron chi connectivity index (χ2n) is 5.71. The van der Waals surface area contributed by atoms with E-state index in [0.29, 0.717) is 0 Å². The number of hydrogen-bond acceptors (Lipinski definition) is 2. The molecule has 0 unspecified atom stereocenters. The summed E-state index contributed by atoms with van der Waals surface area (Å²) in [7, 11) is 0. The minimum absolute atomic E-state index is 0.0331. The molecule has 0 N–H and O–H groups in total. The van der Waals surface area contributed by atoms with Gasteiger partial charge in [-0.25, -0.2) is 4.98 Å². The largest absolute Gasteiger partial charge is 0.273 e. The van der Waals surface area contributed by atoms with Crippen molar-refractivity contribution in [1.82, 2.24) is 9.55 Å². The fraction of sp³-hybridized carbons (Fsp3) is 0.444. The number of carbonyl (C=O) groups excluding carboxylic acids is 1. The van der Waals surface area contributed by atoms with Crippen LogP contribution in [0.15, 0.2) is 53.7 Å². The van der Waals surface area contributed by atoms with Crippen LogP contribution in [0.5, 0.6) is 0 Å². The zero-order chi connectivity index (χ0) is 15.7. The van der Waals surface area contributed by atoms with Crippen molar-refractivity contribution < 1.29 is 4.79 Å². The molecular formula is C18H26N2O. The molecule has 0 saturated carbocycles. The Bertz CT molecular complexity index is 530. The molecule has 114 valence electrons. The zero-order valence-corrected chi connectivity index (χ0v) is 13.6. The molecule has 0 bridgehead atoms. The Hall–Kier alpha value is -1.90. The number of allylic oxidation sites excluding steroid dienone is 6. The Morgan fingerprint density at radius 3 is 2.33 bits per heavy atom. The van der Waals surface area contributed by atoms with E-state index in [-0.39, 0.29) is 5.91 Å². The van der Waals surface area contributed by atoms with Gasteiger partial charge in [-0.05, 0) is 53.4 Å². The summed E-state index contributed by atoms with van der Waals surface area (Å²) >= 11 is 0. The van der Waals surface area contributed by atoms with E-state index in [1.165, 1.54) is 22.0 Å². The van der Waals surface area contributed by atoms with Gasteiger partial charge in [0.05, 0.1) is 0 Å². The first-order valence-electron chi connectivity index (χ1n) is 7.47. The minimum atomic E-state index is -0.0331. The predicted octanol–water partition coefficient (Wildman–Crippen LogP) is 4.94. The fourth-order valence-corrected chi connectivity index (χ4v) is 1.98. The van der Waals surface area contributed by atoms with Crippen LogP contribution < -0.4 is 0 Å². The average molecular weight is 286 g/mol. The van der Waals surface area contributed by atoms with Crippen LogP contribution in [0.2, 0.25) is 0 Å². The van der Waals surface area contributed by atoms with Gasteiger partial charge in [-0.1, -0.05) is 28.9 Å². The first-order valence-corrected chi connectivity index (χ1v) is 7.47. The average Bonchev–Trinajstić information content (AvgIpc) is 2.92. The van der Waals surface area contributed by atoms with E-state index in [0.717, 1.165) is 31.3 Å². The maximum Gasteiger partial charge on any atom is 0.255 e. The van der Waals surface area contributed by atoms with E-state index in [1.807, 2.05) is 6.92 Å². The highest BCUT2D eigenvalue weighted by Crippen LogP contribution is 2.11. The highest BCUT2D eigenvalue weighted by Gasteiger charge is 2.00.